The summed E-state index contributed by atoms with van der Waals surface area (Å²) in [6, 6.07) is -0.200. The number of H-pyrrole nitrogens is 1. The van der Waals surface area contributed by atoms with Crippen LogP contribution in [-0.4, -0.2) is 55.3 Å². The fraction of sp³-hybridized carbons (Fsp3) is 0.600. The summed E-state index contributed by atoms with van der Waals surface area (Å²) in [6.07, 6.45) is 1.39. The fourth-order valence-electron chi connectivity index (χ4n) is 1.54. The fourth-order valence-corrected chi connectivity index (χ4v) is 1.54. The molecule has 0 aliphatic carbocycles. The average Bonchev–Trinajstić information content (AvgIpc) is 3.06. The molecule has 0 aliphatic heterocycles. The third-order valence-corrected chi connectivity index (χ3v) is 2.53. The monoisotopic (exact) mass is 280 g/mol. The molecule has 0 bridgehead atoms. The molecule has 2 N–H and O–H groups in total. The zero-order valence-electron chi connectivity index (χ0n) is 11.3. The number of hydrogen-bond donors (Lipinski definition) is 2. The van der Waals surface area contributed by atoms with Crippen molar-refractivity contribution < 1.29 is 9.21 Å². The Balaban J connectivity index is 1.66. The third-order valence-electron chi connectivity index (χ3n) is 2.53. The SMILES string of the molecule is Cc1nnc(CN(C)C(=O)NCCCc2nn[nH]n2)o1. The maximum atomic E-state index is 11.8. The average molecular weight is 280 g/mol. The lowest BCUT2D eigenvalue weighted by atomic mass is 10.3. The number of hydrogen-bond acceptors (Lipinski definition) is 7. The molecule has 2 heterocycles. The number of aromatic amines is 1. The number of carbonyl (C=O) groups excluding carboxylic acids is 1. The van der Waals surface area contributed by atoms with Gasteiger partial charge in [0.15, 0.2) is 5.82 Å². The molecule has 0 radical (unpaired) electrons. The number of amides is 2. The van der Waals surface area contributed by atoms with Crippen molar-refractivity contribution in [3.8, 4) is 0 Å². The molecule has 0 saturated heterocycles. The summed E-state index contributed by atoms with van der Waals surface area (Å²) < 4.78 is 5.21. The summed E-state index contributed by atoms with van der Waals surface area (Å²) >= 11 is 0. The molecule has 20 heavy (non-hydrogen) atoms. The van der Waals surface area contributed by atoms with E-state index in [0.29, 0.717) is 30.6 Å². The van der Waals surface area contributed by atoms with Gasteiger partial charge < -0.3 is 14.6 Å². The molecule has 108 valence electrons. The number of tetrazole rings is 1. The first-order chi connectivity index (χ1) is 9.65. The van der Waals surface area contributed by atoms with Crippen molar-refractivity contribution in [2.75, 3.05) is 13.6 Å². The predicted octanol–water partition coefficient (Wildman–Crippen LogP) is -0.335. The second-order valence-electron chi connectivity index (χ2n) is 4.23. The normalized spacial score (nSPS) is 10.5. The van der Waals surface area contributed by atoms with E-state index in [2.05, 4.69) is 36.1 Å². The summed E-state index contributed by atoms with van der Waals surface area (Å²) in [7, 11) is 1.66. The summed E-state index contributed by atoms with van der Waals surface area (Å²) in [5.41, 5.74) is 0. The van der Waals surface area contributed by atoms with E-state index < -0.39 is 0 Å². The Morgan fingerprint density at radius 2 is 2.25 bits per heavy atom. The molecular formula is C10H16N8O2. The minimum absolute atomic E-state index is 0.200. The molecule has 0 unspecified atom stereocenters. The Kier molecular flexibility index (Phi) is 4.58. The van der Waals surface area contributed by atoms with Crippen molar-refractivity contribution in [3.63, 3.8) is 0 Å². The molecule has 10 heteroatoms. The molecule has 0 atom stereocenters. The first kappa shape index (κ1) is 13.9. The van der Waals surface area contributed by atoms with Crippen LogP contribution in [0.2, 0.25) is 0 Å². The van der Waals surface area contributed by atoms with Crippen LogP contribution in [0.4, 0.5) is 4.79 Å². The van der Waals surface area contributed by atoms with E-state index in [9.17, 15) is 4.79 Å². The maximum absolute atomic E-state index is 11.8. The number of nitrogens with one attached hydrogen (secondary N) is 2. The highest BCUT2D eigenvalue weighted by Gasteiger charge is 2.12. The molecule has 0 aromatic carbocycles. The molecule has 2 aromatic rings. The summed E-state index contributed by atoms with van der Waals surface area (Å²) in [6.45, 7) is 2.51. The highest BCUT2D eigenvalue weighted by Crippen LogP contribution is 2.01. The first-order valence-corrected chi connectivity index (χ1v) is 6.15. The maximum Gasteiger partial charge on any atom is 0.317 e. The second kappa shape index (κ2) is 6.59. The minimum atomic E-state index is -0.200. The van der Waals surface area contributed by atoms with Gasteiger partial charge in [0.2, 0.25) is 11.8 Å². The number of aryl methyl sites for hydroxylation is 2. The predicted molar refractivity (Wildman–Crippen MR) is 66.4 cm³/mol. The van der Waals surface area contributed by atoms with Crippen LogP contribution in [0.25, 0.3) is 0 Å². The highest BCUT2D eigenvalue weighted by atomic mass is 16.4. The van der Waals surface area contributed by atoms with E-state index in [1.54, 1.807) is 14.0 Å². The van der Waals surface area contributed by atoms with Crippen molar-refractivity contribution >= 4 is 6.03 Å². The van der Waals surface area contributed by atoms with Crippen molar-refractivity contribution in [3.05, 3.63) is 17.6 Å². The van der Waals surface area contributed by atoms with Gasteiger partial charge in [0.25, 0.3) is 0 Å². The molecule has 10 nitrogen and oxygen atoms in total. The van der Waals surface area contributed by atoms with E-state index in [1.807, 2.05) is 0 Å². The number of rotatable bonds is 6. The van der Waals surface area contributed by atoms with Gasteiger partial charge >= 0.3 is 6.03 Å². The number of aromatic nitrogens is 6. The van der Waals surface area contributed by atoms with Crippen molar-refractivity contribution in [2.24, 2.45) is 0 Å². The molecule has 2 amide bonds. The third kappa shape index (κ3) is 4.00. The minimum Gasteiger partial charge on any atom is -0.424 e. The van der Waals surface area contributed by atoms with Gasteiger partial charge in [-0.1, -0.05) is 5.21 Å². The van der Waals surface area contributed by atoms with Gasteiger partial charge in [0.05, 0.1) is 0 Å². The molecule has 0 fully saturated rings. The smallest absolute Gasteiger partial charge is 0.317 e. The summed E-state index contributed by atoms with van der Waals surface area (Å²) in [4.78, 5) is 13.3. The van der Waals surface area contributed by atoms with E-state index in [0.717, 1.165) is 6.42 Å². The van der Waals surface area contributed by atoms with Crippen molar-refractivity contribution in [1.29, 1.82) is 0 Å². The van der Waals surface area contributed by atoms with Gasteiger partial charge in [-0.25, -0.2) is 4.79 Å². The van der Waals surface area contributed by atoms with Crippen LogP contribution in [-0.2, 0) is 13.0 Å². The van der Waals surface area contributed by atoms with E-state index in [-0.39, 0.29) is 12.6 Å². The molecule has 2 aromatic heterocycles. The second-order valence-corrected chi connectivity index (χ2v) is 4.23. The van der Waals surface area contributed by atoms with Gasteiger partial charge in [0.1, 0.15) is 6.54 Å². The largest absolute Gasteiger partial charge is 0.424 e. The Hall–Kier alpha value is -2.52. The van der Waals surface area contributed by atoms with Crippen molar-refractivity contribution in [2.45, 2.75) is 26.3 Å². The molecular weight excluding hydrogens is 264 g/mol. The Morgan fingerprint density at radius 1 is 1.40 bits per heavy atom. The van der Waals surface area contributed by atoms with Gasteiger partial charge in [-0.2, -0.15) is 5.21 Å². The van der Waals surface area contributed by atoms with Gasteiger partial charge in [-0.15, -0.1) is 20.4 Å². The van der Waals surface area contributed by atoms with Crippen LogP contribution in [0.1, 0.15) is 24.0 Å². The topological polar surface area (TPSA) is 126 Å². The van der Waals surface area contributed by atoms with Crippen LogP contribution in [0.3, 0.4) is 0 Å². The summed E-state index contributed by atoms with van der Waals surface area (Å²) in [5, 5.41) is 23.8. The van der Waals surface area contributed by atoms with Crippen LogP contribution in [0.15, 0.2) is 4.42 Å². The van der Waals surface area contributed by atoms with Crippen LogP contribution >= 0.6 is 0 Å². The number of urea groups is 1. The lowest BCUT2D eigenvalue weighted by Crippen LogP contribution is -2.37. The highest BCUT2D eigenvalue weighted by molar-refractivity contribution is 5.73. The zero-order chi connectivity index (χ0) is 14.4. The summed E-state index contributed by atoms with van der Waals surface area (Å²) in [5.74, 6) is 1.52. The van der Waals surface area contributed by atoms with Crippen LogP contribution in [0, 0.1) is 6.92 Å². The van der Waals surface area contributed by atoms with E-state index >= 15 is 0 Å². The lowest BCUT2D eigenvalue weighted by molar-refractivity contribution is 0.201. The van der Waals surface area contributed by atoms with Crippen molar-refractivity contribution in [1.82, 2.24) is 41.0 Å². The Labute approximate surface area is 114 Å². The van der Waals surface area contributed by atoms with E-state index in [1.165, 1.54) is 4.90 Å². The standard InChI is InChI=1S/C10H16N8O2/c1-7-12-15-9(20-7)6-18(2)10(19)11-5-3-4-8-13-16-17-14-8/h3-6H2,1-2H3,(H,11,19)(H,13,14,16,17). The van der Waals surface area contributed by atoms with Crippen LogP contribution in [0.5, 0.6) is 0 Å². The first-order valence-electron chi connectivity index (χ1n) is 6.15. The Bertz CT molecular complexity index is 537. The number of carbonyl (C=O) groups is 1. The van der Waals surface area contributed by atoms with Gasteiger partial charge in [-0.3, -0.25) is 0 Å². The lowest BCUT2D eigenvalue weighted by Gasteiger charge is -2.15. The number of nitrogens with zero attached hydrogens (tertiary/aromatic N) is 6. The Morgan fingerprint density at radius 3 is 2.90 bits per heavy atom. The molecule has 0 spiro atoms. The van der Waals surface area contributed by atoms with Gasteiger partial charge in [-0.05, 0) is 6.42 Å². The van der Waals surface area contributed by atoms with Crippen LogP contribution < -0.4 is 5.32 Å². The zero-order valence-corrected chi connectivity index (χ0v) is 11.3. The molecule has 0 saturated carbocycles. The van der Waals surface area contributed by atoms with E-state index in [4.69, 9.17) is 4.42 Å². The quantitative estimate of drug-likeness (QED) is 0.693. The van der Waals surface area contributed by atoms with Gasteiger partial charge in [0, 0.05) is 26.9 Å². The molecule has 2 rings (SSSR count). The molecule has 0 aliphatic rings.